The zero-order valence-corrected chi connectivity index (χ0v) is 19.3. The number of benzene rings is 2. The van der Waals surface area contributed by atoms with Crippen molar-refractivity contribution in [2.45, 2.75) is 32.2 Å². The van der Waals surface area contributed by atoms with E-state index in [0.29, 0.717) is 18.7 Å². The Morgan fingerprint density at radius 3 is 2.68 bits per heavy atom. The number of amides is 1. The zero-order valence-electron chi connectivity index (χ0n) is 19.3. The fraction of sp³-hybridized carbons (Fsp3) is 0.250. The maximum Gasteiger partial charge on any atom is 0.251 e. The number of allylic oxidation sites excluding steroid dienone is 1. The molecule has 2 aromatic carbocycles. The lowest BCUT2D eigenvalue weighted by Gasteiger charge is -2.12. The number of nitrogens with one attached hydrogen (secondary N) is 1. The number of hydrogen-bond acceptors (Lipinski definition) is 4. The van der Waals surface area contributed by atoms with Crippen molar-refractivity contribution in [2.75, 3.05) is 13.2 Å². The number of para-hydroxylation sites is 3. The Bertz CT molecular complexity index is 1230. The van der Waals surface area contributed by atoms with Crippen LogP contribution in [0.1, 0.15) is 34.6 Å². The number of aromatic nitrogens is 3. The fourth-order valence-electron chi connectivity index (χ4n) is 3.99. The van der Waals surface area contributed by atoms with E-state index in [1.807, 2.05) is 42.5 Å². The van der Waals surface area contributed by atoms with Gasteiger partial charge in [0.2, 0.25) is 0 Å². The molecule has 0 saturated heterocycles. The van der Waals surface area contributed by atoms with Crippen molar-refractivity contribution in [3.63, 3.8) is 0 Å². The highest BCUT2D eigenvalue weighted by Gasteiger charge is 2.11. The summed E-state index contributed by atoms with van der Waals surface area (Å²) in [7, 11) is 0. The molecule has 2 heterocycles. The van der Waals surface area contributed by atoms with Gasteiger partial charge in [-0.1, -0.05) is 36.4 Å². The summed E-state index contributed by atoms with van der Waals surface area (Å²) in [5.41, 5.74) is 3.90. The smallest absolute Gasteiger partial charge is 0.251 e. The third kappa shape index (κ3) is 5.90. The first-order valence-electron chi connectivity index (χ1n) is 11.7. The van der Waals surface area contributed by atoms with E-state index >= 15 is 0 Å². The lowest BCUT2D eigenvalue weighted by Crippen LogP contribution is -2.25. The van der Waals surface area contributed by atoms with Crippen LogP contribution in [0.15, 0.2) is 85.7 Å². The Balaban J connectivity index is 1.34. The topological polar surface area (TPSA) is 69.0 Å². The average Bonchev–Trinajstić information content (AvgIpc) is 3.23. The molecule has 0 aliphatic carbocycles. The molecule has 0 fully saturated rings. The van der Waals surface area contributed by atoms with Crippen LogP contribution in [-0.4, -0.2) is 33.6 Å². The molecule has 6 nitrogen and oxygen atoms in total. The van der Waals surface area contributed by atoms with Gasteiger partial charge < -0.3 is 14.6 Å². The maximum absolute atomic E-state index is 12.2. The average molecular weight is 455 g/mol. The van der Waals surface area contributed by atoms with Crippen LogP contribution in [0.3, 0.4) is 0 Å². The van der Waals surface area contributed by atoms with E-state index in [1.54, 1.807) is 24.5 Å². The molecule has 2 aromatic heterocycles. The summed E-state index contributed by atoms with van der Waals surface area (Å²) < 4.78 is 8.35. The third-order valence-electron chi connectivity index (χ3n) is 5.66. The van der Waals surface area contributed by atoms with Crippen LogP contribution >= 0.6 is 0 Å². The largest absolute Gasteiger partial charge is 0.493 e. The number of carbonyl (C=O) groups excluding carboxylic acids is 1. The molecule has 6 heteroatoms. The van der Waals surface area contributed by atoms with Gasteiger partial charge in [-0.2, -0.15) is 0 Å². The van der Waals surface area contributed by atoms with E-state index in [0.717, 1.165) is 60.4 Å². The minimum Gasteiger partial charge on any atom is -0.493 e. The quantitative estimate of drug-likeness (QED) is 0.242. The van der Waals surface area contributed by atoms with Gasteiger partial charge in [-0.25, -0.2) is 4.98 Å². The van der Waals surface area contributed by atoms with Crippen molar-refractivity contribution in [1.29, 1.82) is 0 Å². The number of imidazole rings is 1. The third-order valence-corrected chi connectivity index (χ3v) is 5.66. The van der Waals surface area contributed by atoms with E-state index in [4.69, 9.17) is 9.72 Å². The van der Waals surface area contributed by atoms with Gasteiger partial charge in [0, 0.05) is 37.5 Å². The van der Waals surface area contributed by atoms with Gasteiger partial charge in [0.1, 0.15) is 11.6 Å². The highest BCUT2D eigenvalue weighted by molar-refractivity contribution is 5.93. The van der Waals surface area contributed by atoms with Crippen LogP contribution in [0, 0.1) is 0 Å². The van der Waals surface area contributed by atoms with Crippen molar-refractivity contribution < 1.29 is 9.53 Å². The number of rotatable bonds is 12. The van der Waals surface area contributed by atoms with Crippen molar-refractivity contribution in [2.24, 2.45) is 0 Å². The number of fused-ring (bicyclic) bond motifs is 1. The highest BCUT2D eigenvalue weighted by Crippen LogP contribution is 2.20. The van der Waals surface area contributed by atoms with Gasteiger partial charge in [0.15, 0.2) is 0 Å². The first-order chi connectivity index (χ1) is 16.8. The number of ether oxygens (including phenoxy) is 1. The van der Waals surface area contributed by atoms with E-state index in [9.17, 15) is 4.79 Å². The molecule has 174 valence electrons. The lowest BCUT2D eigenvalue weighted by molar-refractivity contribution is 0.0953. The van der Waals surface area contributed by atoms with Gasteiger partial charge in [-0.15, -0.1) is 6.58 Å². The summed E-state index contributed by atoms with van der Waals surface area (Å²) >= 11 is 0. The molecule has 0 radical (unpaired) electrons. The van der Waals surface area contributed by atoms with Gasteiger partial charge in [-0.05, 0) is 55.2 Å². The standard InChI is InChI=1S/C28H30N4O2/c1-2-9-22-10-3-6-13-26(22)34-21-8-20-32-25-12-5-4-11-24(25)31-27(32)14-7-17-30-28(33)23-15-18-29-19-16-23/h2-6,10-13,15-16,18-19H,1,7-9,14,17,20-21H2,(H,30,33). The number of pyridine rings is 1. The fourth-order valence-corrected chi connectivity index (χ4v) is 3.99. The minimum absolute atomic E-state index is 0.0789. The summed E-state index contributed by atoms with van der Waals surface area (Å²) in [6.45, 7) is 5.87. The second kappa shape index (κ2) is 11.8. The van der Waals surface area contributed by atoms with Crippen LogP contribution in [0.2, 0.25) is 0 Å². The molecule has 0 unspecified atom stereocenters. The molecule has 4 rings (SSSR count). The van der Waals surface area contributed by atoms with Crippen molar-refractivity contribution in [3.8, 4) is 5.75 Å². The Labute approximate surface area is 200 Å². The van der Waals surface area contributed by atoms with Crippen molar-refractivity contribution >= 4 is 16.9 Å². The SMILES string of the molecule is C=CCc1ccccc1OCCCn1c(CCCNC(=O)c2ccncc2)nc2ccccc21. The van der Waals surface area contributed by atoms with Crippen molar-refractivity contribution in [3.05, 3.63) is 103 Å². The van der Waals surface area contributed by atoms with Gasteiger partial charge >= 0.3 is 0 Å². The molecule has 0 atom stereocenters. The molecular formula is C28H30N4O2. The molecule has 0 aliphatic rings. The highest BCUT2D eigenvalue weighted by atomic mass is 16.5. The Kier molecular flexibility index (Phi) is 8.06. The van der Waals surface area contributed by atoms with E-state index < -0.39 is 0 Å². The lowest BCUT2D eigenvalue weighted by atomic mass is 10.1. The number of nitrogens with zero attached hydrogens (tertiary/aromatic N) is 3. The number of hydrogen-bond donors (Lipinski definition) is 1. The molecule has 1 N–H and O–H groups in total. The van der Waals surface area contributed by atoms with E-state index in [1.165, 1.54) is 0 Å². The minimum atomic E-state index is -0.0789. The molecule has 34 heavy (non-hydrogen) atoms. The van der Waals surface area contributed by atoms with Gasteiger partial charge in [0.25, 0.3) is 5.91 Å². The van der Waals surface area contributed by atoms with Crippen LogP contribution in [0.25, 0.3) is 11.0 Å². The van der Waals surface area contributed by atoms with Crippen LogP contribution in [0.5, 0.6) is 5.75 Å². The van der Waals surface area contributed by atoms with Crippen molar-refractivity contribution in [1.82, 2.24) is 19.9 Å². The normalized spacial score (nSPS) is 10.8. The zero-order chi connectivity index (χ0) is 23.6. The summed E-state index contributed by atoms with van der Waals surface area (Å²) in [6.07, 6.45) is 8.41. The molecule has 0 spiro atoms. The maximum atomic E-state index is 12.2. The predicted octanol–water partition coefficient (Wildman–Crippen LogP) is 4.99. The molecular weight excluding hydrogens is 424 g/mol. The van der Waals surface area contributed by atoms with Crippen LogP contribution < -0.4 is 10.1 Å². The molecule has 1 amide bonds. The number of aryl methyl sites for hydroxylation is 2. The molecule has 0 saturated carbocycles. The molecule has 4 aromatic rings. The second-order valence-electron chi connectivity index (χ2n) is 8.07. The first-order valence-corrected chi connectivity index (χ1v) is 11.7. The van der Waals surface area contributed by atoms with Crippen LogP contribution in [-0.2, 0) is 19.4 Å². The molecule has 0 aliphatic heterocycles. The Morgan fingerprint density at radius 2 is 1.82 bits per heavy atom. The summed E-state index contributed by atoms with van der Waals surface area (Å²) in [6, 6.07) is 19.7. The second-order valence-corrected chi connectivity index (χ2v) is 8.07. The summed E-state index contributed by atoms with van der Waals surface area (Å²) in [5, 5.41) is 2.98. The number of carbonyl (C=O) groups is 1. The monoisotopic (exact) mass is 454 g/mol. The Morgan fingerprint density at radius 1 is 1.03 bits per heavy atom. The predicted molar refractivity (Wildman–Crippen MR) is 135 cm³/mol. The summed E-state index contributed by atoms with van der Waals surface area (Å²) in [4.78, 5) is 21.0. The van der Waals surface area contributed by atoms with Gasteiger partial charge in [0.05, 0.1) is 17.6 Å². The van der Waals surface area contributed by atoms with Gasteiger partial charge in [-0.3, -0.25) is 9.78 Å². The first kappa shape index (κ1) is 23.2. The Hall–Kier alpha value is -3.93. The summed E-state index contributed by atoms with van der Waals surface area (Å²) in [5.74, 6) is 1.87. The van der Waals surface area contributed by atoms with E-state index in [2.05, 4.69) is 33.6 Å². The molecule has 0 bridgehead atoms. The van der Waals surface area contributed by atoms with Crippen LogP contribution in [0.4, 0.5) is 0 Å². The van der Waals surface area contributed by atoms with E-state index in [-0.39, 0.29) is 5.91 Å².